The van der Waals surface area contributed by atoms with Crippen LogP contribution < -0.4 is 5.73 Å². The molecule has 2 aromatic heterocycles. The van der Waals surface area contributed by atoms with Crippen LogP contribution in [0, 0.1) is 0 Å². The second kappa shape index (κ2) is 4.74. The molecule has 1 aromatic carbocycles. The third-order valence-electron chi connectivity index (χ3n) is 2.74. The monoisotopic (exact) mass is 269 g/mol. The molecule has 3 aromatic rings. The van der Waals surface area contributed by atoms with Crippen molar-refractivity contribution in [2.75, 3.05) is 0 Å². The second-order valence-corrected chi connectivity index (χ2v) is 4.57. The van der Waals surface area contributed by atoms with Crippen LogP contribution in [0.15, 0.2) is 42.7 Å². The maximum Gasteiger partial charge on any atom is 0.208 e. The third kappa shape index (κ3) is 2.43. The van der Waals surface area contributed by atoms with Gasteiger partial charge in [-0.05, 0) is 12.1 Å². The van der Waals surface area contributed by atoms with Gasteiger partial charge in [0.05, 0.1) is 17.8 Å². The van der Waals surface area contributed by atoms with Crippen LogP contribution >= 0.6 is 12.2 Å². The van der Waals surface area contributed by atoms with Crippen molar-refractivity contribution < 1.29 is 0 Å². The lowest BCUT2D eigenvalue weighted by molar-refractivity contribution is 0.671. The first-order valence-corrected chi connectivity index (χ1v) is 6.17. The van der Waals surface area contributed by atoms with Gasteiger partial charge < -0.3 is 5.73 Å². The number of para-hydroxylation sites is 1. The summed E-state index contributed by atoms with van der Waals surface area (Å²) in [5, 5.41) is 5.30. The highest BCUT2D eigenvalue weighted by Gasteiger charge is 2.05. The highest BCUT2D eigenvalue weighted by Crippen LogP contribution is 2.12. The molecule has 6 heteroatoms. The molecule has 0 amide bonds. The highest BCUT2D eigenvalue weighted by molar-refractivity contribution is 7.80. The zero-order valence-corrected chi connectivity index (χ0v) is 10.8. The summed E-state index contributed by atoms with van der Waals surface area (Å²) in [7, 11) is 0. The fourth-order valence-corrected chi connectivity index (χ4v) is 1.94. The van der Waals surface area contributed by atoms with E-state index in [1.54, 1.807) is 11.0 Å². The molecule has 0 radical (unpaired) electrons. The quantitative estimate of drug-likeness (QED) is 0.730. The van der Waals surface area contributed by atoms with E-state index in [9.17, 15) is 0 Å². The molecular weight excluding hydrogens is 258 g/mol. The van der Waals surface area contributed by atoms with Gasteiger partial charge in [0.15, 0.2) is 0 Å². The lowest BCUT2D eigenvalue weighted by Gasteiger charge is -2.02. The normalized spacial score (nSPS) is 10.7. The molecule has 0 fully saturated rings. The Morgan fingerprint density at radius 3 is 2.84 bits per heavy atom. The van der Waals surface area contributed by atoms with Crippen LogP contribution in [0.25, 0.3) is 10.9 Å². The van der Waals surface area contributed by atoms with E-state index in [0.29, 0.717) is 12.4 Å². The van der Waals surface area contributed by atoms with Gasteiger partial charge in [-0.25, -0.2) is 9.67 Å². The molecule has 0 bridgehead atoms. The molecule has 2 heterocycles. The minimum Gasteiger partial charge on any atom is -0.387 e. The molecule has 5 nitrogen and oxygen atoms in total. The van der Waals surface area contributed by atoms with E-state index in [-0.39, 0.29) is 4.99 Å². The van der Waals surface area contributed by atoms with E-state index >= 15 is 0 Å². The van der Waals surface area contributed by atoms with Gasteiger partial charge in [-0.2, -0.15) is 0 Å². The van der Waals surface area contributed by atoms with Crippen LogP contribution in [-0.4, -0.2) is 24.7 Å². The Balaban J connectivity index is 1.89. The molecule has 0 saturated carbocycles. The lowest BCUT2D eigenvalue weighted by Crippen LogP contribution is -2.12. The number of pyridine rings is 1. The van der Waals surface area contributed by atoms with E-state index in [1.807, 2.05) is 36.4 Å². The smallest absolute Gasteiger partial charge is 0.208 e. The maximum absolute atomic E-state index is 5.47. The summed E-state index contributed by atoms with van der Waals surface area (Å²) in [5.74, 6) is 0.385. The number of benzene rings is 1. The molecule has 0 spiro atoms. The zero-order valence-electron chi connectivity index (χ0n) is 10.0. The first-order valence-electron chi connectivity index (χ1n) is 5.76. The van der Waals surface area contributed by atoms with Crippen molar-refractivity contribution in [3.8, 4) is 0 Å². The average Bonchev–Trinajstić information content (AvgIpc) is 2.87. The number of aromatic nitrogens is 4. The summed E-state index contributed by atoms with van der Waals surface area (Å²) in [6, 6.07) is 12.0. The molecule has 19 heavy (non-hydrogen) atoms. The largest absolute Gasteiger partial charge is 0.387 e. The van der Waals surface area contributed by atoms with Crippen LogP contribution in [0.1, 0.15) is 11.5 Å². The van der Waals surface area contributed by atoms with Crippen molar-refractivity contribution >= 4 is 28.1 Å². The van der Waals surface area contributed by atoms with Crippen LogP contribution in [0.3, 0.4) is 0 Å². The molecule has 0 unspecified atom stereocenters. The van der Waals surface area contributed by atoms with Crippen molar-refractivity contribution in [2.24, 2.45) is 5.73 Å². The fraction of sp³-hybridized carbons (Fsp3) is 0.0769. The van der Waals surface area contributed by atoms with Gasteiger partial charge in [0.1, 0.15) is 11.3 Å². The van der Waals surface area contributed by atoms with Crippen molar-refractivity contribution in [2.45, 2.75) is 6.54 Å². The van der Waals surface area contributed by atoms with E-state index in [2.05, 4.69) is 15.1 Å². The molecule has 0 aliphatic heterocycles. The Hall–Kier alpha value is -2.34. The number of hydrogen-bond donors (Lipinski definition) is 1. The van der Waals surface area contributed by atoms with E-state index in [0.717, 1.165) is 16.6 Å². The third-order valence-corrected chi connectivity index (χ3v) is 2.92. The molecule has 0 aliphatic rings. The fourth-order valence-electron chi connectivity index (χ4n) is 1.85. The van der Waals surface area contributed by atoms with Crippen LogP contribution in [0.5, 0.6) is 0 Å². The predicted molar refractivity (Wildman–Crippen MR) is 76.8 cm³/mol. The zero-order chi connectivity index (χ0) is 13.2. The van der Waals surface area contributed by atoms with E-state index < -0.39 is 0 Å². The second-order valence-electron chi connectivity index (χ2n) is 4.13. The van der Waals surface area contributed by atoms with E-state index in [4.69, 9.17) is 18.0 Å². The van der Waals surface area contributed by atoms with Gasteiger partial charge in [-0.3, -0.25) is 4.98 Å². The first kappa shape index (κ1) is 11.7. The number of nitrogens with two attached hydrogens (primary N) is 1. The number of nitrogens with zero attached hydrogens (tertiary/aromatic N) is 4. The van der Waals surface area contributed by atoms with Gasteiger partial charge in [-0.1, -0.05) is 36.5 Å². The molecule has 0 saturated heterocycles. The molecular formula is C13H11N5S. The van der Waals surface area contributed by atoms with Crippen LogP contribution in [0.2, 0.25) is 0 Å². The van der Waals surface area contributed by atoms with Crippen LogP contribution in [-0.2, 0) is 6.54 Å². The van der Waals surface area contributed by atoms with E-state index in [1.165, 1.54) is 0 Å². The van der Waals surface area contributed by atoms with Gasteiger partial charge in [0.2, 0.25) is 5.82 Å². The van der Waals surface area contributed by atoms with Crippen molar-refractivity contribution in [3.63, 3.8) is 0 Å². The molecule has 3 rings (SSSR count). The minimum atomic E-state index is 0.199. The van der Waals surface area contributed by atoms with Crippen molar-refractivity contribution in [1.82, 2.24) is 19.7 Å². The Morgan fingerprint density at radius 1 is 1.21 bits per heavy atom. The molecule has 2 N–H and O–H groups in total. The number of rotatable bonds is 3. The Labute approximate surface area is 115 Å². The van der Waals surface area contributed by atoms with Crippen molar-refractivity contribution in [1.29, 1.82) is 0 Å². The Kier molecular flexibility index (Phi) is 2.92. The van der Waals surface area contributed by atoms with Gasteiger partial charge in [-0.15, -0.1) is 5.10 Å². The standard InChI is InChI=1S/C13H11N5S/c14-12(19)13-15-8-18(17-13)7-10-6-5-9-3-1-2-4-11(9)16-10/h1-6,8H,7H2,(H2,14,19). The summed E-state index contributed by atoms with van der Waals surface area (Å²) in [5.41, 5.74) is 7.35. The topological polar surface area (TPSA) is 69.6 Å². The number of hydrogen-bond acceptors (Lipinski definition) is 4. The van der Waals surface area contributed by atoms with Gasteiger partial charge >= 0.3 is 0 Å². The molecule has 0 aliphatic carbocycles. The van der Waals surface area contributed by atoms with Gasteiger partial charge in [0, 0.05) is 5.39 Å². The molecule has 0 atom stereocenters. The minimum absolute atomic E-state index is 0.199. The summed E-state index contributed by atoms with van der Waals surface area (Å²) >= 11 is 4.83. The number of thiocarbonyl (C=S) groups is 1. The summed E-state index contributed by atoms with van der Waals surface area (Å²) in [6.45, 7) is 0.542. The maximum atomic E-state index is 5.47. The average molecular weight is 269 g/mol. The highest BCUT2D eigenvalue weighted by atomic mass is 32.1. The Bertz CT molecular complexity index is 749. The molecule has 94 valence electrons. The van der Waals surface area contributed by atoms with Crippen LogP contribution in [0.4, 0.5) is 0 Å². The summed E-state index contributed by atoms with van der Waals surface area (Å²) in [4.78, 5) is 8.80. The lowest BCUT2D eigenvalue weighted by atomic mass is 10.2. The summed E-state index contributed by atoms with van der Waals surface area (Å²) in [6.07, 6.45) is 1.60. The predicted octanol–water partition coefficient (Wildman–Crippen LogP) is 1.51. The van der Waals surface area contributed by atoms with Crippen molar-refractivity contribution in [3.05, 3.63) is 54.2 Å². The number of fused-ring (bicyclic) bond motifs is 1. The first-order chi connectivity index (χ1) is 9.22. The SMILES string of the molecule is NC(=S)c1ncn(Cc2ccc3ccccc3n2)n1. The summed E-state index contributed by atoms with van der Waals surface area (Å²) < 4.78 is 1.67. The Morgan fingerprint density at radius 2 is 2.05 bits per heavy atom. The van der Waals surface area contributed by atoms with Gasteiger partial charge in [0.25, 0.3) is 0 Å².